The Balaban J connectivity index is 0.000000148. The average molecular weight is 875 g/mol. The van der Waals surface area contributed by atoms with Crippen molar-refractivity contribution < 1.29 is 79.0 Å². The Morgan fingerprint density at radius 2 is 1.00 bits per heavy atom. The first-order valence-electron chi connectivity index (χ1n) is 16.0. The molecule has 4 aliphatic rings. The highest BCUT2D eigenvalue weighted by atomic mass is 19.3. The smallest absolute Gasteiger partial charge is 0.311 e. The van der Waals surface area contributed by atoms with Crippen molar-refractivity contribution in [2.75, 3.05) is 0 Å². The number of aromatic nitrogens is 14. The average Bonchev–Trinajstić information content (AvgIpc) is 3.84. The van der Waals surface area contributed by atoms with Crippen LogP contribution >= 0.6 is 0 Å². The van der Waals surface area contributed by atoms with Gasteiger partial charge in [0, 0.05) is 19.3 Å². The topological polar surface area (TPSA) is 149 Å². The van der Waals surface area contributed by atoms with Gasteiger partial charge < -0.3 is 9.13 Å². The molecule has 0 atom stereocenters. The molecule has 32 heteroatoms. The Labute approximate surface area is 309 Å². The zero-order valence-electron chi connectivity index (χ0n) is 28.5. The van der Waals surface area contributed by atoms with Crippen LogP contribution in [-0.2, 0) is 50.4 Å². The molecule has 0 amide bonds. The lowest BCUT2D eigenvalue weighted by atomic mass is 10.1. The normalized spacial score (nSPS) is 24.5. The Bertz CT molecular complexity index is 1990. The van der Waals surface area contributed by atoms with Crippen LogP contribution in [0.5, 0.6) is 0 Å². The molecule has 8 rings (SSSR count). The summed E-state index contributed by atoms with van der Waals surface area (Å²) in [5, 5.41) is 30.8. The van der Waals surface area contributed by atoms with Gasteiger partial charge in [0.15, 0.2) is 0 Å². The summed E-state index contributed by atoms with van der Waals surface area (Å²) >= 11 is 0. The maximum atomic E-state index is 13.2. The molecule has 4 aromatic heterocycles. The second-order valence-corrected chi connectivity index (χ2v) is 13.5. The minimum atomic E-state index is -4.85. The molecular weight excluding hydrogens is 850 g/mol. The number of alkyl halides is 18. The summed E-state index contributed by atoms with van der Waals surface area (Å²) < 4.78 is 237. The van der Waals surface area contributed by atoms with Crippen molar-refractivity contribution in [3.63, 3.8) is 0 Å². The Morgan fingerprint density at radius 3 is 1.66 bits per heavy atom. The number of rotatable bonds is 0. The molecule has 0 saturated heterocycles. The van der Waals surface area contributed by atoms with Crippen LogP contribution in [0.1, 0.15) is 61.8 Å². The van der Waals surface area contributed by atoms with Gasteiger partial charge in [-0.05, 0) is 20.9 Å². The number of hydrogen-bond acceptors (Lipinski definition) is 10. The maximum absolute atomic E-state index is 13.2. The first kappa shape index (κ1) is 44.3. The van der Waals surface area contributed by atoms with Crippen LogP contribution in [0.3, 0.4) is 0 Å². The van der Waals surface area contributed by atoms with E-state index in [4.69, 9.17) is 0 Å². The molecule has 0 spiro atoms. The maximum Gasteiger partial charge on any atom is 0.368 e. The van der Waals surface area contributed by atoms with Crippen LogP contribution in [-0.4, -0.2) is 105 Å². The van der Waals surface area contributed by atoms with Crippen molar-refractivity contribution in [1.82, 2.24) is 69.9 Å². The molecule has 324 valence electrons. The predicted molar refractivity (Wildman–Crippen MR) is 148 cm³/mol. The number of hydrogen-bond donors (Lipinski definition) is 0. The molecule has 0 N–H and O–H groups in total. The lowest BCUT2D eigenvalue weighted by molar-refractivity contribution is -0.242. The van der Waals surface area contributed by atoms with E-state index >= 15 is 0 Å². The lowest BCUT2D eigenvalue weighted by Crippen LogP contribution is -2.41. The Kier molecular flexibility index (Phi) is 11.3. The van der Waals surface area contributed by atoms with Crippen molar-refractivity contribution in [3.8, 4) is 0 Å². The minimum absolute atomic E-state index is 0.0906. The summed E-state index contributed by atoms with van der Waals surface area (Å²) in [5.74, 6) is -37.0. The van der Waals surface area contributed by atoms with E-state index in [1.54, 1.807) is 0 Å². The van der Waals surface area contributed by atoms with Crippen molar-refractivity contribution in [2.45, 2.75) is 124 Å². The second kappa shape index (κ2) is 14.8. The third kappa shape index (κ3) is 10.1. The van der Waals surface area contributed by atoms with Crippen molar-refractivity contribution in [1.29, 1.82) is 0 Å². The van der Waals surface area contributed by atoms with E-state index in [1.807, 2.05) is 0 Å². The van der Waals surface area contributed by atoms with E-state index in [9.17, 15) is 79.0 Å². The van der Waals surface area contributed by atoms with E-state index in [2.05, 4.69) is 51.4 Å². The van der Waals surface area contributed by atoms with E-state index in [-0.39, 0.29) is 16.9 Å². The van der Waals surface area contributed by atoms with Crippen LogP contribution in [0.2, 0.25) is 0 Å². The van der Waals surface area contributed by atoms with Gasteiger partial charge in [0.1, 0.15) is 25.0 Å². The number of tetrazole rings is 2. The highest BCUT2D eigenvalue weighted by molar-refractivity contribution is 5.08. The molecule has 4 aromatic rings. The number of aryl methyl sites for hydroxylation is 1. The number of halogens is 18. The molecule has 4 aliphatic heterocycles. The van der Waals surface area contributed by atoms with Crippen LogP contribution in [0.4, 0.5) is 79.0 Å². The van der Waals surface area contributed by atoms with Crippen LogP contribution in [0.25, 0.3) is 0 Å². The highest BCUT2D eigenvalue weighted by Gasteiger charge is 2.66. The van der Waals surface area contributed by atoms with Gasteiger partial charge in [0.2, 0.25) is 17.5 Å². The lowest BCUT2D eigenvalue weighted by Gasteiger charge is -2.24. The van der Waals surface area contributed by atoms with Crippen LogP contribution in [0.15, 0.2) is 12.7 Å². The summed E-state index contributed by atoms with van der Waals surface area (Å²) in [5.41, 5.74) is 0. The molecule has 0 aliphatic carbocycles. The second-order valence-electron chi connectivity index (χ2n) is 13.5. The molecule has 0 fully saturated rings. The van der Waals surface area contributed by atoms with Crippen LogP contribution < -0.4 is 0 Å². The first-order valence-corrected chi connectivity index (χ1v) is 16.0. The zero-order valence-corrected chi connectivity index (χ0v) is 28.5. The quantitative estimate of drug-likeness (QED) is 0.195. The number of nitrogens with zero attached hydrogens (tertiary/aromatic N) is 14. The summed E-state index contributed by atoms with van der Waals surface area (Å²) in [6.45, 7) is -3.22. The SMILES string of the molecule is FC1(F)CCC(F)(F)c2nnnn2C1.FC1(F)CCn2nnnc2C(F)(F)C1.FC1(F)Cc2nncn2CC(F)(F)C1.FC1(F)Cn2cnnc2C(F)(F)C(F)(F)C1. The van der Waals surface area contributed by atoms with Gasteiger partial charge in [-0.3, -0.25) is 0 Å². The molecule has 0 aromatic carbocycles. The van der Waals surface area contributed by atoms with Gasteiger partial charge in [-0.2, -0.15) is 35.1 Å². The van der Waals surface area contributed by atoms with Gasteiger partial charge in [-0.1, -0.05) is 0 Å². The van der Waals surface area contributed by atoms with E-state index in [1.165, 1.54) is 0 Å². The Morgan fingerprint density at radius 1 is 0.448 bits per heavy atom. The molecule has 0 unspecified atom stereocenters. The van der Waals surface area contributed by atoms with E-state index in [0.29, 0.717) is 11.0 Å². The zero-order chi connectivity index (χ0) is 43.4. The predicted octanol–water partition coefficient (Wildman–Crippen LogP) is 5.93. The number of fused-ring (bicyclic) bond motifs is 4. The van der Waals surface area contributed by atoms with Gasteiger partial charge in [-0.15, -0.1) is 30.6 Å². The fourth-order valence-corrected chi connectivity index (χ4v) is 5.75. The molecule has 8 heterocycles. The monoisotopic (exact) mass is 874 g/mol. The molecule has 0 radical (unpaired) electrons. The molecule has 0 saturated carbocycles. The molecule has 14 nitrogen and oxygen atoms in total. The third-order valence-electron chi connectivity index (χ3n) is 8.34. The van der Waals surface area contributed by atoms with E-state index < -0.39 is 135 Å². The van der Waals surface area contributed by atoms with E-state index in [0.717, 1.165) is 15.6 Å². The van der Waals surface area contributed by atoms with Crippen molar-refractivity contribution in [2.24, 2.45) is 0 Å². The third-order valence-corrected chi connectivity index (χ3v) is 8.34. The fraction of sp³-hybridized carbons (Fsp3) is 0.769. The van der Waals surface area contributed by atoms with Crippen LogP contribution in [0, 0.1) is 0 Å². The Hall–Kier alpha value is -4.84. The van der Waals surface area contributed by atoms with Gasteiger partial charge in [0.05, 0.1) is 45.3 Å². The summed E-state index contributed by atoms with van der Waals surface area (Å²) in [7, 11) is 0. The van der Waals surface area contributed by atoms with Crippen molar-refractivity contribution >= 4 is 0 Å². The van der Waals surface area contributed by atoms with Crippen molar-refractivity contribution in [3.05, 3.63) is 36.0 Å². The molecular formula is C26H24F18N14. The molecule has 0 bridgehead atoms. The van der Waals surface area contributed by atoms with Gasteiger partial charge >= 0.3 is 23.7 Å². The highest BCUT2D eigenvalue weighted by Crippen LogP contribution is 2.50. The summed E-state index contributed by atoms with van der Waals surface area (Å²) in [4.78, 5) is 0. The standard InChI is InChI=1S/C7H5F6N3.C7H7F4N3.2C6H6F4N4/c8-5(9)1-6(10,11)7(12,13)4-15-14-3-16(4)2-5;8-6(9)1-5-13-12-4-14(5)3-7(10,11)2-6;7-5(8)1-2-14-4(11-12-13-14)6(9,10)3-5;7-5(8)1-2-6(9,10)4-11-12-13-14(4)3-5/h3H,1-2H2;4H,1-3H2;2*1-3H2. The largest absolute Gasteiger partial charge is 0.368 e. The molecule has 58 heavy (non-hydrogen) atoms. The first-order chi connectivity index (χ1) is 26.4. The van der Waals surface area contributed by atoms with Gasteiger partial charge in [-0.25, -0.2) is 53.3 Å². The minimum Gasteiger partial charge on any atom is -0.311 e. The summed E-state index contributed by atoms with van der Waals surface area (Å²) in [6.07, 6.45) is -6.78. The van der Waals surface area contributed by atoms with Gasteiger partial charge in [0.25, 0.3) is 29.6 Å². The fourth-order valence-electron chi connectivity index (χ4n) is 5.75. The summed E-state index contributed by atoms with van der Waals surface area (Å²) in [6, 6.07) is 0.